The number of Topliss-reactive ketones (excluding diaryl/α,β-unsaturated/α-hetero) is 1. The minimum atomic E-state index is 0.125. The van der Waals surface area contributed by atoms with E-state index in [1.807, 2.05) is 0 Å². The summed E-state index contributed by atoms with van der Waals surface area (Å²) in [6, 6.07) is 2.05. The normalized spacial score (nSPS) is 28.4. The van der Waals surface area contributed by atoms with Crippen molar-refractivity contribution in [3.05, 3.63) is 23.5 Å². The Morgan fingerprint density at radius 1 is 1.19 bits per heavy atom. The fraction of sp³-hybridized carbons (Fsp3) is 0.737. The zero-order valence-electron chi connectivity index (χ0n) is 13.8. The molecule has 116 valence electrons. The van der Waals surface area contributed by atoms with E-state index in [9.17, 15) is 4.79 Å². The molecule has 1 fully saturated rings. The summed E-state index contributed by atoms with van der Waals surface area (Å²) in [5.74, 6) is 2.16. The zero-order valence-corrected chi connectivity index (χ0v) is 13.8. The third-order valence-electron chi connectivity index (χ3n) is 5.58. The number of carbonyl (C=O) groups is 1. The molecule has 3 rings (SSSR count). The number of nitrogens with zero attached hydrogens (tertiary/aromatic N) is 1. The number of carbonyl (C=O) groups excluding carboxylic acids is 1. The van der Waals surface area contributed by atoms with Crippen molar-refractivity contribution in [2.45, 2.75) is 72.3 Å². The summed E-state index contributed by atoms with van der Waals surface area (Å²) in [5.41, 5.74) is 2.41. The Labute approximate surface area is 128 Å². The summed E-state index contributed by atoms with van der Waals surface area (Å²) in [4.78, 5) is 12.2. The van der Waals surface area contributed by atoms with Gasteiger partial charge in [-0.1, -0.05) is 46.5 Å². The molecule has 0 amide bonds. The SMILES string of the molecule is CC1CCC(CCn2ccc3c2CC(C)(C)CC3=O)CC1. The first-order valence-electron chi connectivity index (χ1n) is 8.66. The highest BCUT2D eigenvalue weighted by molar-refractivity contribution is 5.98. The van der Waals surface area contributed by atoms with E-state index < -0.39 is 0 Å². The Morgan fingerprint density at radius 3 is 2.62 bits per heavy atom. The van der Waals surface area contributed by atoms with E-state index in [0.29, 0.717) is 12.2 Å². The molecule has 21 heavy (non-hydrogen) atoms. The molecule has 2 aliphatic carbocycles. The molecule has 2 heteroatoms. The maximum absolute atomic E-state index is 12.2. The molecule has 1 saturated carbocycles. The molecular formula is C19H29NO. The molecule has 0 saturated heterocycles. The van der Waals surface area contributed by atoms with Crippen LogP contribution in [0.2, 0.25) is 0 Å². The van der Waals surface area contributed by atoms with Gasteiger partial charge in [0.05, 0.1) is 0 Å². The van der Waals surface area contributed by atoms with Gasteiger partial charge in [-0.25, -0.2) is 0 Å². The highest BCUT2D eigenvalue weighted by atomic mass is 16.1. The van der Waals surface area contributed by atoms with Crippen molar-refractivity contribution in [3.63, 3.8) is 0 Å². The Kier molecular flexibility index (Phi) is 3.98. The minimum Gasteiger partial charge on any atom is -0.351 e. The molecule has 0 bridgehead atoms. The van der Waals surface area contributed by atoms with Crippen molar-refractivity contribution in [3.8, 4) is 0 Å². The average molecular weight is 287 g/mol. The van der Waals surface area contributed by atoms with Crippen LogP contribution in [0.5, 0.6) is 0 Å². The summed E-state index contributed by atoms with van der Waals surface area (Å²) >= 11 is 0. The van der Waals surface area contributed by atoms with Crippen molar-refractivity contribution >= 4 is 5.78 Å². The molecule has 2 aliphatic rings. The van der Waals surface area contributed by atoms with Crippen molar-refractivity contribution in [2.24, 2.45) is 17.3 Å². The Balaban J connectivity index is 1.66. The van der Waals surface area contributed by atoms with E-state index in [0.717, 1.165) is 30.4 Å². The van der Waals surface area contributed by atoms with E-state index in [2.05, 4.69) is 37.6 Å². The van der Waals surface area contributed by atoms with Gasteiger partial charge in [-0.05, 0) is 36.2 Å². The maximum Gasteiger partial charge on any atom is 0.165 e. The lowest BCUT2D eigenvalue weighted by Gasteiger charge is -2.30. The summed E-state index contributed by atoms with van der Waals surface area (Å²) in [6.07, 6.45) is 10.8. The van der Waals surface area contributed by atoms with E-state index in [1.165, 1.54) is 37.8 Å². The largest absolute Gasteiger partial charge is 0.351 e. The molecule has 1 heterocycles. The molecule has 1 aromatic heterocycles. The van der Waals surface area contributed by atoms with Crippen LogP contribution in [0.25, 0.3) is 0 Å². The van der Waals surface area contributed by atoms with Gasteiger partial charge in [0.25, 0.3) is 0 Å². The zero-order chi connectivity index (χ0) is 15.0. The van der Waals surface area contributed by atoms with Gasteiger partial charge in [0.1, 0.15) is 0 Å². The van der Waals surface area contributed by atoms with Crippen LogP contribution in [-0.4, -0.2) is 10.4 Å². The molecule has 0 atom stereocenters. The molecule has 2 nitrogen and oxygen atoms in total. The quantitative estimate of drug-likeness (QED) is 0.778. The van der Waals surface area contributed by atoms with Gasteiger partial charge in [-0.3, -0.25) is 4.79 Å². The Hall–Kier alpha value is -1.05. The lowest BCUT2D eigenvalue weighted by atomic mass is 9.76. The van der Waals surface area contributed by atoms with Crippen LogP contribution >= 0.6 is 0 Å². The Morgan fingerprint density at radius 2 is 1.90 bits per heavy atom. The lowest BCUT2D eigenvalue weighted by Crippen LogP contribution is -2.28. The second-order valence-corrected chi connectivity index (χ2v) is 8.23. The number of aryl methyl sites for hydroxylation is 1. The third-order valence-corrected chi connectivity index (χ3v) is 5.58. The standard InChI is InChI=1S/C19H29NO/c1-14-4-6-15(7-5-14)8-10-20-11-9-16-17(20)12-19(2,3)13-18(16)21/h9,11,14-15H,4-8,10,12-13H2,1-3H3. The van der Waals surface area contributed by atoms with Crippen LogP contribution in [0.3, 0.4) is 0 Å². The monoisotopic (exact) mass is 287 g/mol. The van der Waals surface area contributed by atoms with Crippen molar-refractivity contribution in [2.75, 3.05) is 0 Å². The van der Waals surface area contributed by atoms with Gasteiger partial charge in [0, 0.05) is 30.4 Å². The molecular weight excluding hydrogens is 258 g/mol. The van der Waals surface area contributed by atoms with Crippen LogP contribution in [0.4, 0.5) is 0 Å². The average Bonchev–Trinajstić information content (AvgIpc) is 2.80. The third kappa shape index (κ3) is 3.25. The van der Waals surface area contributed by atoms with Gasteiger partial charge in [0.2, 0.25) is 0 Å². The second kappa shape index (κ2) is 5.62. The van der Waals surface area contributed by atoms with Crippen LogP contribution in [0.1, 0.15) is 75.3 Å². The lowest BCUT2D eigenvalue weighted by molar-refractivity contribution is 0.0909. The smallest absolute Gasteiger partial charge is 0.165 e. The maximum atomic E-state index is 12.2. The number of hydrogen-bond donors (Lipinski definition) is 0. The van der Waals surface area contributed by atoms with Crippen molar-refractivity contribution < 1.29 is 4.79 Å². The van der Waals surface area contributed by atoms with Gasteiger partial charge in [-0.15, -0.1) is 0 Å². The second-order valence-electron chi connectivity index (χ2n) is 8.23. The van der Waals surface area contributed by atoms with E-state index in [1.54, 1.807) is 0 Å². The highest BCUT2D eigenvalue weighted by Crippen LogP contribution is 2.36. The molecule has 0 unspecified atom stereocenters. The minimum absolute atomic E-state index is 0.125. The molecule has 0 aliphatic heterocycles. The van der Waals surface area contributed by atoms with Crippen LogP contribution < -0.4 is 0 Å². The van der Waals surface area contributed by atoms with Crippen molar-refractivity contribution in [1.82, 2.24) is 4.57 Å². The Bertz CT molecular complexity index is 518. The molecule has 0 N–H and O–H groups in total. The first kappa shape index (κ1) is 14.9. The van der Waals surface area contributed by atoms with Gasteiger partial charge < -0.3 is 4.57 Å². The van der Waals surface area contributed by atoms with Crippen molar-refractivity contribution in [1.29, 1.82) is 0 Å². The fourth-order valence-electron chi connectivity index (χ4n) is 4.15. The topological polar surface area (TPSA) is 22.0 Å². The first-order valence-corrected chi connectivity index (χ1v) is 8.66. The predicted molar refractivity (Wildman–Crippen MR) is 86.6 cm³/mol. The fourth-order valence-corrected chi connectivity index (χ4v) is 4.15. The molecule has 0 aromatic carbocycles. The molecule has 0 spiro atoms. The summed E-state index contributed by atoms with van der Waals surface area (Å²) in [6.45, 7) is 7.91. The van der Waals surface area contributed by atoms with E-state index in [4.69, 9.17) is 0 Å². The number of aromatic nitrogens is 1. The number of ketones is 1. The van der Waals surface area contributed by atoms with Gasteiger partial charge >= 0.3 is 0 Å². The van der Waals surface area contributed by atoms with E-state index in [-0.39, 0.29) is 5.41 Å². The molecule has 0 radical (unpaired) electrons. The number of fused-ring (bicyclic) bond motifs is 1. The van der Waals surface area contributed by atoms with Crippen LogP contribution in [-0.2, 0) is 13.0 Å². The molecule has 1 aromatic rings. The highest BCUT2D eigenvalue weighted by Gasteiger charge is 2.33. The van der Waals surface area contributed by atoms with Gasteiger partial charge in [0.15, 0.2) is 5.78 Å². The summed E-state index contributed by atoms with van der Waals surface area (Å²) < 4.78 is 2.37. The number of rotatable bonds is 3. The van der Waals surface area contributed by atoms with E-state index >= 15 is 0 Å². The number of hydrogen-bond acceptors (Lipinski definition) is 1. The summed E-state index contributed by atoms with van der Waals surface area (Å²) in [5, 5.41) is 0. The van der Waals surface area contributed by atoms with Crippen LogP contribution in [0, 0.1) is 17.3 Å². The van der Waals surface area contributed by atoms with Crippen LogP contribution in [0.15, 0.2) is 12.3 Å². The predicted octanol–water partition coefficient (Wildman–Crippen LogP) is 4.86. The first-order chi connectivity index (χ1) is 9.94. The summed E-state index contributed by atoms with van der Waals surface area (Å²) in [7, 11) is 0. The van der Waals surface area contributed by atoms with Gasteiger partial charge in [-0.2, -0.15) is 0 Å².